The number of nitrogens with zero attached hydrogens (tertiary/aromatic N) is 4. The third kappa shape index (κ3) is 4.15. The molecule has 0 amide bonds. The number of rotatable bonds is 4. The number of fused-ring (bicyclic) bond motifs is 9. The van der Waals surface area contributed by atoms with Gasteiger partial charge in [-0.3, -0.25) is 0 Å². The molecule has 0 saturated carbocycles. The first-order valence-corrected chi connectivity index (χ1v) is 17.2. The summed E-state index contributed by atoms with van der Waals surface area (Å²) in [4.78, 5) is 10.1. The van der Waals surface area contributed by atoms with Crippen molar-refractivity contribution in [2.75, 3.05) is 0 Å². The number of furan rings is 1. The van der Waals surface area contributed by atoms with Gasteiger partial charge in [0.1, 0.15) is 11.1 Å². The largest absolute Gasteiger partial charge is 0.453 e. The summed E-state index contributed by atoms with van der Waals surface area (Å²) in [5, 5.41) is 5.91. The van der Waals surface area contributed by atoms with Crippen LogP contribution in [0.15, 0.2) is 174 Å². The molecule has 0 spiro atoms. The van der Waals surface area contributed by atoms with E-state index in [1.165, 1.54) is 43.6 Å². The second-order valence-electron chi connectivity index (χ2n) is 13.0. The lowest BCUT2D eigenvalue weighted by atomic mass is 9.98. The molecule has 0 fully saturated rings. The van der Waals surface area contributed by atoms with Crippen LogP contribution in [0.4, 0.5) is 0 Å². The van der Waals surface area contributed by atoms with Crippen LogP contribution >= 0.6 is 0 Å². The van der Waals surface area contributed by atoms with Gasteiger partial charge in [-0.1, -0.05) is 109 Å². The summed E-state index contributed by atoms with van der Waals surface area (Å²) in [6, 6.07) is 57.9. The van der Waals surface area contributed by atoms with Crippen LogP contribution < -0.4 is 0 Å². The number of benzene rings is 7. The van der Waals surface area contributed by atoms with Crippen LogP contribution in [0.25, 0.3) is 99.6 Å². The van der Waals surface area contributed by atoms with Crippen LogP contribution in [0.2, 0.25) is 0 Å². The van der Waals surface area contributed by atoms with Crippen LogP contribution in [-0.2, 0) is 0 Å². The number of hydrogen-bond donors (Lipinski definition) is 0. The summed E-state index contributed by atoms with van der Waals surface area (Å²) < 4.78 is 11.0. The van der Waals surface area contributed by atoms with E-state index in [9.17, 15) is 0 Å². The van der Waals surface area contributed by atoms with Gasteiger partial charge < -0.3 is 13.6 Å². The normalized spacial score (nSPS) is 11.9. The maximum absolute atomic E-state index is 6.30. The molecule has 0 aliphatic rings. The lowest BCUT2D eigenvalue weighted by molar-refractivity contribution is 0.666. The Bertz CT molecular complexity index is 3060. The molecule has 0 radical (unpaired) electrons. The zero-order valence-corrected chi connectivity index (χ0v) is 27.4. The number of para-hydroxylation sites is 4. The molecule has 0 unspecified atom stereocenters. The van der Waals surface area contributed by atoms with E-state index in [2.05, 4.69) is 167 Å². The maximum atomic E-state index is 6.30. The predicted molar refractivity (Wildman–Crippen MR) is 209 cm³/mol. The van der Waals surface area contributed by atoms with Crippen molar-refractivity contribution in [3.8, 4) is 33.9 Å². The fourth-order valence-corrected chi connectivity index (χ4v) is 7.96. The minimum atomic E-state index is 0.658. The van der Waals surface area contributed by atoms with Crippen molar-refractivity contribution in [1.82, 2.24) is 19.1 Å². The van der Waals surface area contributed by atoms with Crippen molar-refractivity contribution >= 4 is 65.7 Å². The van der Waals surface area contributed by atoms with Crippen molar-refractivity contribution in [3.05, 3.63) is 170 Å². The first kappa shape index (κ1) is 27.9. The minimum absolute atomic E-state index is 0.658. The highest BCUT2D eigenvalue weighted by molar-refractivity contribution is 6.11. The van der Waals surface area contributed by atoms with E-state index < -0.39 is 0 Å². The third-order valence-corrected chi connectivity index (χ3v) is 10.2. The summed E-state index contributed by atoms with van der Waals surface area (Å²) >= 11 is 0. The van der Waals surface area contributed by atoms with E-state index in [-0.39, 0.29) is 0 Å². The molecule has 4 heterocycles. The Labute approximate surface area is 292 Å². The van der Waals surface area contributed by atoms with E-state index in [0.29, 0.717) is 11.4 Å². The summed E-state index contributed by atoms with van der Waals surface area (Å²) in [6.07, 6.45) is 1.81. The average molecular weight is 653 g/mol. The van der Waals surface area contributed by atoms with Crippen molar-refractivity contribution in [3.63, 3.8) is 0 Å². The lowest BCUT2D eigenvalue weighted by Crippen LogP contribution is -1.96. The van der Waals surface area contributed by atoms with Crippen molar-refractivity contribution in [2.45, 2.75) is 0 Å². The van der Waals surface area contributed by atoms with E-state index in [4.69, 9.17) is 14.4 Å². The monoisotopic (exact) mass is 652 g/mol. The Kier molecular flexibility index (Phi) is 5.89. The van der Waals surface area contributed by atoms with E-state index in [1.54, 1.807) is 0 Å². The quantitative estimate of drug-likeness (QED) is 0.190. The molecule has 0 N–H and O–H groups in total. The first-order valence-electron chi connectivity index (χ1n) is 17.2. The molecule has 7 aromatic carbocycles. The molecule has 51 heavy (non-hydrogen) atoms. The van der Waals surface area contributed by atoms with E-state index in [1.807, 2.05) is 12.3 Å². The zero-order chi connectivity index (χ0) is 33.5. The van der Waals surface area contributed by atoms with Gasteiger partial charge in [0.15, 0.2) is 11.4 Å². The molecular weight excluding hydrogens is 625 g/mol. The maximum Gasteiger partial charge on any atom is 0.172 e. The third-order valence-electron chi connectivity index (χ3n) is 10.2. The smallest absolute Gasteiger partial charge is 0.172 e. The molecule has 4 aromatic heterocycles. The molecule has 238 valence electrons. The van der Waals surface area contributed by atoms with Gasteiger partial charge in [-0.05, 0) is 65.7 Å². The van der Waals surface area contributed by atoms with Crippen LogP contribution in [0.1, 0.15) is 0 Å². The summed E-state index contributed by atoms with van der Waals surface area (Å²) in [6.45, 7) is 0. The molecule has 5 heteroatoms. The highest BCUT2D eigenvalue weighted by Gasteiger charge is 2.18. The van der Waals surface area contributed by atoms with E-state index in [0.717, 1.165) is 44.6 Å². The van der Waals surface area contributed by atoms with Crippen LogP contribution in [0.3, 0.4) is 0 Å². The molecule has 0 bridgehead atoms. The van der Waals surface area contributed by atoms with Gasteiger partial charge in [-0.15, -0.1) is 0 Å². The van der Waals surface area contributed by atoms with Crippen molar-refractivity contribution < 1.29 is 4.42 Å². The molecule has 11 aromatic rings. The Hall–Kier alpha value is -6.98. The SMILES string of the molecule is c1cc(-c2ccccc2-c2ncc3oc4ccc(-n5c6ccccc6c6ccccc65)cc4c3n2)cc(-n2c3ccccc3c3ccccc32)c1. The summed E-state index contributed by atoms with van der Waals surface area (Å²) in [5.41, 5.74) is 12.2. The van der Waals surface area contributed by atoms with Gasteiger partial charge >= 0.3 is 0 Å². The zero-order valence-electron chi connectivity index (χ0n) is 27.4. The van der Waals surface area contributed by atoms with Gasteiger partial charge in [0, 0.05) is 43.9 Å². The lowest BCUT2D eigenvalue weighted by Gasteiger charge is -2.12. The second kappa shape index (κ2) is 10.8. The summed E-state index contributed by atoms with van der Waals surface area (Å²) in [5.74, 6) is 0.658. The van der Waals surface area contributed by atoms with E-state index >= 15 is 0 Å². The Morgan fingerprint density at radius 1 is 0.412 bits per heavy atom. The Morgan fingerprint density at radius 3 is 1.55 bits per heavy atom. The highest BCUT2D eigenvalue weighted by Crippen LogP contribution is 2.38. The number of aromatic nitrogens is 4. The van der Waals surface area contributed by atoms with Gasteiger partial charge in [0.25, 0.3) is 0 Å². The fourth-order valence-electron chi connectivity index (χ4n) is 7.96. The van der Waals surface area contributed by atoms with Gasteiger partial charge in [-0.2, -0.15) is 0 Å². The second-order valence-corrected chi connectivity index (χ2v) is 13.0. The molecule has 0 aliphatic heterocycles. The topological polar surface area (TPSA) is 48.8 Å². The Morgan fingerprint density at radius 2 is 0.941 bits per heavy atom. The van der Waals surface area contributed by atoms with Crippen LogP contribution in [-0.4, -0.2) is 19.1 Å². The van der Waals surface area contributed by atoms with Gasteiger partial charge in [0.05, 0.1) is 28.3 Å². The van der Waals surface area contributed by atoms with Crippen LogP contribution in [0.5, 0.6) is 0 Å². The van der Waals surface area contributed by atoms with Crippen molar-refractivity contribution in [1.29, 1.82) is 0 Å². The van der Waals surface area contributed by atoms with Crippen molar-refractivity contribution in [2.24, 2.45) is 0 Å². The summed E-state index contributed by atoms with van der Waals surface area (Å²) in [7, 11) is 0. The average Bonchev–Trinajstić information content (AvgIpc) is 3.85. The molecule has 0 saturated heterocycles. The van der Waals surface area contributed by atoms with Gasteiger partial charge in [0.2, 0.25) is 0 Å². The molecule has 0 atom stereocenters. The minimum Gasteiger partial charge on any atom is -0.453 e. The first-order chi connectivity index (χ1) is 25.3. The highest BCUT2D eigenvalue weighted by atomic mass is 16.3. The standard InChI is InChI=1S/C46H28N4O/c1-2-19-37(32(14-1)29-12-11-13-30(26-29)49-39-20-7-3-15-33(39)34-16-4-8-21-40(34)49)46-47-28-44-45(48-46)38-27-31(24-25-43(38)51-44)50-41-22-9-5-17-35(41)36-18-6-10-23-42(36)50/h1-28H. The number of hydrogen-bond acceptors (Lipinski definition) is 3. The molecule has 0 aliphatic carbocycles. The fraction of sp³-hybridized carbons (Fsp3) is 0. The predicted octanol–water partition coefficient (Wildman–Crippen LogP) is 11.9. The Balaban J connectivity index is 1.06. The van der Waals surface area contributed by atoms with Gasteiger partial charge in [-0.25, -0.2) is 9.97 Å². The molecular formula is C46H28N4O. The molecule has 11 rings (SSSR count). The van der Waals surface area contributed by atoms with Crippen LogP contribution in [0, 0.1) is 0 Å². The molecule has 5 nitrogen and oxygen atoms in total.